The monoisotopic (exact) mass is 304 g/mol. The molecule has 0 aliphatic heterocycles. The SMILES string of the molecule is CC/C=C\CCOC(=O)C(C)OC=Cc1ccc(OC)cc1. The standard InChI is InChI=1S/C18H24O4/c1-4-5-6-7-13-22-18(19)15(2)21-14-12-16-8-10-17(20-3)11-9-16/h5-6,8-12,14-15H,4,7,13H2,1-3H3/b6-5-,14-12?. The molecule has 0 aromatic heterocycles. The Balaban J connectivity index is 2.31. The van der Waals surface area contributed by atoms with Gasteiger partial charge in [0.25, 0.3) is 0 Å². The lowest BCUT2D eigenvalue weighted by Crippen LogP contribution is -2.21. The fourth-order valence-electron chi connectivity index (χ4n) is 1.64. The van der Waals surface area contributed by atoms with E-state index in [0.717, 1.165) is 24.2 Å². The molecule has 0 N–H and O–H groups in total. The van der Waals surface area contributed by atoms with Crippen LogP contribution in [0.25, 0.3) is 6.08 Å². The average molecular weight is 304 g/mol. The van der Waals surface area contributed by atoms with Crippen LogP contribution < -0.4 is 4.74 Å². The molecule has 4 heteroatoms. The molecule has 22 heavy (non-hydrogen) atoms. The highest BCUT2D eigenvalue weighted by Crippen LogP contribution is 2.12. The van der Waals surface area contributed by atoms with Gasteiger partial charge in [-0.05, 0) is 43.5 Å². The van der Waals surface area contributed by atoms with Crippen molar-refractivity contribution in [3.05, 3.63) is 48.2 Å². The molecule has 0 saturated carbocycles. The highest BCUT2D eigenvalue weighted by Gasteiger charge is 2.13. The third-order valence-corrected chi connectivity index (χ3v) is 2.92. The van der Waals surface area contributed by atoms with E-state index in [1.54, 1.807) is 20.1 Å². The molecular formula is C18H24O4. The lowest BCUT2D eigenvalue weighted by atomic mass is 10.2. The van der Waals surface area contributed by atoms with Crippen molar-refractivity contribution in [1.82, 2.24) is 0 Å². The van der Waals surface area contributed by atoms with Gasteiger partial charge in [-0.25, -0.2) is 4.79 Å². The molecule has 0 spiro atoms. The first kappa shape index (κ1) is 17.8. The number of carbonyl (C=O) groups is 1. The van der Waals surface area contributed by atoms with Gasteiger partial charge in [-0.3, -0.25) is 0 Å². The third kappa shape index (κ3) is 6.97. The van der Waals surface area contributed by atoms with Crippen LogP contribution in [-0.4, -0.2) is 25.8 Å². The molecule has 0 radical (unpaired) electrons. The van der Waals surface area contributed by atoms with E-state index >= 15 is 0 Å². The summed E-state index contributed by atoms with van der Waals surface area (Å²) in [7, 11) is 1.62. The highest BCUT2D eigenvalue weighted by molar-refractivity contribution is 5.74. The summed E-state index contributed by atoms with van der Waals surface area (Å²) < 4.78 is 15.5. The van der Waals surface area contributed by atoms with Crippen molar-refractivity contribution in [1.29, 1.82) is 0 Å². The Morgan fingerprint density at radius 2 is 1.95 bits per heavy atom. The van der Waals surface area contributed by atoms with Crippen molar-refractivity contribution in [2.75, 3.05) is 13.7 Å². The molecule has 1 aromatic rings. The first-order valence-corrected chi connectivity index (χ1v) is 7.45. The number of allylic oxidation sites excluding steroid dienone is 1. The maximum atomic E-state index is 11.7. The second-order valence-electron chi connectivity index (χ2n) is 4.69. The van der Waals surface area contributed by atoms with Gasteiger partial charge in [-0.1, -0.05) is 31.2 Å². The van der Waals surface area contributed by atoms with E-state index in [-0.39, 0.29) is 5.97 Å². The number of rotatable bonds is 9. The summed E-state index contributed by atoms with van der Waals surface area (Å²) in [5, 5.41) is 0. The number of methoxy groups -OCH3 is 1. The molecule has 0 aliphatic carbocycles. The lowest BCUT2D eigenvalue weighted by molar-refractivity contribution is -0.152. The number of esters is 1. The largest absolute Gasteiger partial charge is 0.497 e. The molecule has 4 nitrogen and oxygen atoms in total. The van der Waals surface area contributed by atoms with Gasteiger partial charge in [0.15, 0.2) is 6.10 Å². The zero-order valence-corrected chi connectivity index (χ0v) is 13.5. The van der Waals surface area contributed by atoms with Gasteiger partial charge in [0.05, 0.1) is 20.0 Å². The van der Waals surface area contributed by atoms with E-state index < -0.39 is 6.10 Å². The van der Waals surface area contributed by atoms with Gasteiger partial charge in [0, 0.05) is 0 Å². The molecule has 0 amide bonds. The van der Waals surface area contributed by atoms with Crippen LogP contribution in [0.5, 0.6) is 5.75 Å². The van der Waals surface area contributed by atoms with Crippen LogP contribution >= 0.6 is 0 Å². The molecule has 0 bridgehead atoms. The Labute approximate surface area is 132 Å². The summed E-state index contributed by atoms with van der Waals surface area (Å²) in [6, 6.07) is 7.53. The molecule has 1 atom stereocenters. The molecular weight excluding hydrogens is 280 g/mol. The lowest BCUT2D eigenvalue weighted by Gasteiger charge is -2.10. The third-order valence-electron chi connectivity index (χ3n) is 2.92. The predicted octanol–water partition coefficient (Wildman–Crippen LogP) is 3.97. The first-order chi connectivity index (χ1) is 10.7. The van der Waals surface area contributed by atoms with Crippen LogP contribution in [0.2, 0.25) is 0 Å². The minimum Gasteiger partial charge on any atom is -0.497 e. The van der Waals surface area contributed by atoms with Crippen molar-refractivity contribution in [2.45, 2.75) is 32.8 Å². The van der Waals surface area contributed by atoms with Crippen molar-refractivity contribution in [2.24, 2.45) is 0 Å². The Bertz CT molecular complexity index is 488. The van der Waals surface area contributed by atoms with Gasteiger partial charge < -0.3 is 14.2 Å². The van der Waals surface area contributed by atoms with Crippen LogP contribution in [0.1, 0.15) is 32.3 Å². The molecule has 1 aromatic carbocycles. The fourth-order valence-corrected chi connectivity index (χ4v) is 1.64. The molecule has 1 unspecified atom stereocenters. The molecule has 0 heterocycles. The Kier molecular flexibility index (Phi) is 8.50. The summed E-state index contributed by atoms with van der Waals surface area (Å²) in [5.74, 6) is 0.441. The Morgan fingerprint density at radius 1 is 1.23 bits per heavy atom. The minimum atomic E-state index is -0.621. The number of benzene rings is 1. The fraction of sp³-hybridized carbons (Fsp3) is 0.389. The predicted molar refractivity (Wildman–Crippen MR) is 87.6 cm³/mol. The topological polar surface area (TPSA) is 44.8 Å². The summed E-state index contributed by atoms with van der Waals surface area (Å²) in [6.07, 6.45) is 8.44. The van der Waals surface area contributed by atoms with Crippen LogP contribution in [-0.2, 0) is 14.3 Å². The van der Waals surface area contributed by atoms with Gasteiger partial charge >= 0.3 is 5.97 Å². The van der Waals surface area contributed by atoms with Crippen LogP contribution in [0.15, 0.2) is 42.7 Å². The van der Waals surface area contributed by atoms with Crippen molar-refractivity contribution < 1.29 is 19.0 Å². The highest BCUT2D eigenvalue weighted by atomic mass is 16.6. The summed E-state index contributed by atoms with van der Waals surface area (Å²) in [6.45, 7) is 4.11. The quantitative estimate of drug-likeness (QED) is 0.300. The number of hydrogen-bond acceptors (Lipinski definition) is 4. The van der Waals surface area contributed by atoms with Gasteiger partial charge in [-0.2, -0.15) is 0 Å². The summed E-state index contributed by atoms with van der Waals surface area (Å²) >= 11 is 0. The number of carbonyl (C=O) groups excluding carboxylic acids is 1. The second kappa shape index (κ2) is 10.5. The first-order valence-electron chi connectivity index (χ1n) is 7.45. The number of hydrogen-bond donors (Lipinski definition) is 0. The molecule has 0 aliphatic rings. The van der Waals surface area contributed by atoms with E-state index in [1.807, 2.05) is 36.4 Å². The number of ether oxygens (including phenoxy) is 3. The summed E-state index contributed by atoms with van der Waals surface area (Å²) in [5.41, 5.74) is 0.964. The van der Waals surface area contributed by atoms with E-state index in [4.69, 9.17) is 14.2 Å². The molecule has 1 rings (SSSR count). The average Bonchev–Trinajstić information content (AvgIpc) is 2.55. The Morgan fingerprint density at radius 3 is 2.59 bits per heavy atom. The maximum absolute atomic E-state index is 11.7. The smallest absolute Gasteiger partial charge is 0.347 e. The van der Waals surface area contributed by atoms with E-state index in [9.17, 15) is 4.79 Å². The van der Waals surface area contributed by atoms with Crippen molar-refractivity contribution in [3.8, 4) is 5.75 Å². The second-order valence-corrected chi connectivity index (χ2v) is 4.69. The molecule has 0 fully saturated rings. The van der Waals surface area contributed by atoms with Crippen LogP contribution in [0, 0.1) is 0 Å². The van der Waals surface area contributed by atoms with Gasteiger partial charge in [0.1, 0.15) is 5.75 Å². The molecule has 120 valence electrons. The summed E-state index contributed by atoms with van der Waals surface area (Å²) in [4.78, 5) is 11.7. The normalized spacial score (nSPS) is 12.5. The molecule has 0 saturated heterocycles. The minimum absolute atomic E-state index is 0.357. The maximum Gasteiger partial charge on any atom is 0.347 e. The van der Waals surface area contributed by atoms with Crippen molar-refractivity contribution in [3.63, 3.8) is 0 Å². The van der Waals surface area contributed by atoms with Gasteiger partial charge in [0.2, 0.25) is 0 Å². The Hall–Kier alpha value is -2.23. The zero-order valence-electron chi connectivity index (χ0n) is 13.5. The zero-order chi connectivity index (χ0) is 16.2. The van der Waals surface area contributed by atoms with Crippen molar-refractivity contribution >= 4 is 12.0 Å². The van der Waals surface area contributed by atoms with Crippen LogP contribution in [0.4, 0.5) is 0 Å². The van der Waals surface area contributed by atoms with E-state index in [0.29, 0.717) is 6.61 Å². The van der Waals surface area contributed by atoms with Crippen LogP contribution in [0.3, 0.4) is 0 Å². The van der Waals surface area contributed by atoms with E-state index in [1.165, 1.54) is 6.26 Å². The van der Waals surface area contributed by atoms with Gasteiger partial charge in [-0.15, -0.1) is 0 Å². The van der Waals surface area contributed by atoms with E-state index in [2.05, 4.69) is 6.92 Å².